The molecule has 3 rings (SSSR count). The van der Waals surface area contributed by atoms with Crippen LogP contribution < -0.4 is 10.9 Å². The minimum Gasteiger partial charge on any atom is -0.392 e. The molecule has 1 atom stereocenters. The summed E-state index contributed by atoms with van der Waals surface area (Å²) >= 11 is 0. The van der Waals surface area contributed by atoms with Gasteiger partial charge in [0.1, 0.15) is 5.65 Å². The standard InChI is InChI=1S/C16H22N4O2/c1-11(21)10-20-14(22)8-7-12-9-17-16(19-15(12)20)18-13-5-3-2-4-6-13/h7-9,11,13,21H,2-6,10H2,1H3,(H,17,18,19)/t11-/m0/s1. The summed E-state index contributed by atoms with van der Waals surface area (Å²) in [7, 11) is 0. The molecule has 0 bridgehead atoms. The van der Waals surface area contributed by atoms with E-state index >= 15 is 0 Å². The molecule has 2 aromatic heterocycles. The van der Waals surface area contributed by atoms with Crippen LogP contribution in [0.2, 0.25) is 0 Å². The minimum atomic E-state index is -0.604. The van der Waals surface area contributed by atoms with Crippen LogP contribution in [-0.4, -0.2) is 31.8 Å². The Kier molecular flexibility index (Phi) is 4.38. The van der Waals surface area contributed by atoms with Crippen molar-refractivity contribution in [3.8, 4) is 0 Å². The lowest BCUT2D eigenvalue weighted by Crippen LogP contribution is -2.27. The number of aliphatic hydroxyl groups excluding tert-OH is 1. The van der Waals surface area contributed by atoms with E-state index in [1.807, 2.05) is 0 Å². The molecule has 0 saturated heterocycles. The number of anilines is 1. The number of nitrogens with one attached hydrogen (secondary N) is 1. The molecule has 0 spiro atoms. The van der Waals surface area contributed by atoms with E-state index in [1.165, 1.54) is 29.9 Å². The van der Waals surface area contributed by atoms with Crippen molar-refractivity contribution in [1.82, 2.24) is 14.5 Å². The summed E-state index contributed by atoms with van der Waals surface area (Å²) < 4.78 is 1.51. The lowest BCUT2D eigenvalue weighted by Gasteiger charge is -2.22. The molecule has 1 aliphatic rings. The van der Waals surface area contributed by atoms with Crippen LogP contribution >= 0.6 is 0 Å². The number of fused-ring (bicyclic) bond motifs is 1. The number of aromatic nitrogens is 3. The van der Waals surface area contributed by atoms with Gasteiger partial charge < -0.3 is 10.4 Å². The molecule has 6 nitrogen and oxygen atoms in total. The van der Waals surface area contributed by atoms with Crippen molar-refractivity contribution in [2.75, 3.05) is 5.32 Å². The lowest BCUT2D eigenvalue weighted by atomic mass is 9.96. The summed E-state index contributed by atoms with van der Waals surface area (Å²) in [5.41, 5.74) is 0.414. The molecule has 1 fully saturated rings. The molecular formula is C16H22N4O2. The molecule has 0 aliphatic heterocycles. The summed E-state index contributed by atoms with van der Waals surface area (Å²) in [6.45, 7) is 1.89. The van der Waals surface area contributed by atoms with E-state index in [4.69, 9.17) is 0 Å². The molecule has 6 heteroatoms. The predicted octanol–water partition coefficient (Wildman–Crippen LogP) is 1.92. The van der Waals surface area contributed by atoms with Crippen molar-refractivity contribution < 1.29 is 5.11 Å². The first-order valence-corrected chi connectivity index (χ1v) is 7.94. The van der Waals surface area contributed by atoms with Gasteiger partial charge in [0.25, 0.3) is 5.56 Å². The Bertz CT molecular complexity index is 705. The van der Waals surface area contributed by atoms with Gasteiger partial charge in [-0.15, -0.1) is 0 Å². The molecule has 2 N–H and O–H groups in total. The second-order valence-corrected chi connectivity index (χ2v) is 6.08. The molecule has 118 valence electrons. The van der Waals surface area contributed by atoms with Gasteiger partial charge in [0, 0.05) is 23.7 Å². The predicted molar refractivity (Wildman–Crippen MR) is 86.0 cm³/mol. The van der Waals surface area contributed by atoms with Crippen LogP contribution in [0.1, 0.15) is 39.0 Å². The average molecular weight is 302 g/mol. The van der Waals surface area contributed by atoms with Crippen molar-refractivity contribution in [3.05, 3.63) is 28.7 Å². The van der Waals surface area contributed by atoms with Crippen molar-refractivity contribution >= 4 is 17.0 Å². The first-order valence-electron chi connectivity index (χ1n) is 7.94. The summed E-state index contributed by atoms with van der Waals surface area (Å²) in [6, 6.07) is 3.62. The Morgan fingerprint density at radius 3 is 2.86 bits per heavy atom. The highest BCUT2D eigenvalue weighted by Gasteiger charge is 2.15. The minimum absolute atomic E-state index is 0.157. The maximum absolute atomic E-state index is 12.0. The smallest absolute Gasteiger partial charge is 0.252 e. The Morgan fingerprint density at radius 2 is 2.14 bits per heavy atom. The van der Waals surface area contributed by atoms with Crippen molar-refractivity contribution in [2.24, 2.45) is 0 Å². The van der Waals surface area contributed by atoms with E-state index in [0.717, 1.165) is 18.2 Å². The lowest BCUT2D eigenvalue weighted by molar-refractivity contribution is 0.173. The molecule has 22 heavy (non-hydrogen) atoms. The van der Waals surface area contributed by atoms with Crippen LogP contribution in [0.4, 0.5) is 5.95 Å². The molecule has 1 aliphatic carbocycles. The molecule has 1 saturated carbocycles. The molecule has 0 aromatic carbocycles. The summed E-state index contributed by atoms with van der Waals surface area (Å²) in [4.78, 5) is 20.9. The third-order valence-corrected chi connectivity index (χ3v) is 4.11. The summed E-state index contributed by atoms with van der Waals surface area (Å²) in [5.74, 6) is 0.560. The highest BCUT2D eigenvalue weighted by molar-refractivity contribution is 5.75. The third kappa shape index (κ3) is 3.27. The van der Waals surface area contributed by atoms with Crippen molar-refractivity contribution in [1.29, 1.82) is 0 Å². The van der Waals surface area contributed by atoms with Gasteiger partial charge in [-0.2, -0.15) is 4.98 Å². The molecule has 0 unspecified atom stereocenters. The number of pyridine rings is 1. The molecule has 0 radical (unpaired) electrons. The highest BCUT2D eigenvalue weighted by Crippen LogP contribution is 2.20. The highest BCUT2D eigenvalue weighted by atomic mass is 16.3. The van der Waals surface area contributed by atoms with E-state index in [0.29, 0.717) is 17.6 Å². The zero-order valence-corrected chi connectivity index (χ0v) is 12.8. The van der Waals surface area contributed by atoms with Crippen LogP contribution in [-0.2, 0) is 6.54 Å². The van der Waals surface area contributed by atoms with Crippen LogP contribution in [0.25, 0.3) is 11.0 Å². The zero-order chi connectivity index (χ0) is 15.5. The van der Waals surface area contributed by atoms with E-state index in [-0.39, 0.29) is 12.1 Å². The van der Waals surface area contributed by atoms with E-state index < -0.39 is 6.10 Å². The maximum atomic E-state index is 12.0. The van der Waals surface area contributed by atoms with Crippen LogP contribution in [0, 0.1) is 0 Å². The largest absolute Gasteiger partial charge is 0.392 e. The second kappa shape index (κ2) is 6.44. The monoisotopic (exact) mass is 302 g/mol. The molecule has 2 heterocycles. The first kappa shape index (κ1) is 15.0. The van der Waals surface area contributed by atoms with Crippen molar-refractivity contribution in [3.63, 3.8) is 0 Å². The maximum Gasteiger partial charge on any atom is 0.252 e. The van der Waals surface area contributed by atoms with E-state index in [2.05, 4.69) is 15.3 Å². The molecular weight excluding hydrogens is 280 g/mol. The topological polar surface area (TPSA) is 80.0 Å². The number of rotatable bonds is 4. The van der Waals surface area contributed by atoms with Gasteiger partial charge in [0.15, 0.2) is 0 Å². The van der Waals surface area contributed by atoms with Gasteiger partial charge in [-0.3, -0.25) is 9.36 Å². The van der Waals surface area contributed by atoms with Gasteiger partial charge in [0.05, 0.1) is 12.6 Å². The van der Waals surface area contributed by atoms with Crippen LogP contribution in [0.5, 0.6) is 0 Å². The number of hydrogen-bond acceptors (Lipinski definition) is 5. The average Bonchev–Trinajstić information content (AvgIpc) is 2.51. The van der Waals surface area contributed by atoms with Gasteiger partial charge in [-0.1, -0.05) is 19.3 Å². The third-order valence-electron chi connectivity index (χ3n) is 4.11. The summed E-state index contributed by atoms with van der Waals surface area (Å²) in [5, 5.41) is 13.8. The fraction of sp³-hybridized carbons (Fsp3) is 0.562. The normalized spacial score (nSPS) is 17.5. The Hall–Kier alpha value is -1.95. The fourth-order valence-corrected chi connectivity index (χ4v) is 3.01. The first-order chi connectivity index (χ1) is 10.6. The Morgan fingerprint density at radius 1 is 1.36 bits per heavy atom. The number of aliphatic hydroxyl groups is 1. The summed E-state index contributed by atoms with van der Waals surface area (Å²) in [6.07, 6.45) is 7.16. The second-order valence-electron chi connectivity index (χ2n) is 6.08. The van der Waals surface area contributed by atoms with Gasteiger partial charge in [0.2, 0.25) is 5.95 Å². The van der Waals surface area contributed by atoms with Gasteiger partial charge in [-0.25, -0.2) is 4.98 Å². The Labute approximate surface area is 129 Å². The molecule has 2 aromatic rings. The van der Waals surface area contributed by atoms with E-state index in [9.17, 15) is 9.90 Å². The fourth-order valence-electron chi connectivity index (χ4n) is 3.01. The SMILES string of the molecule is C[C@H](O)Cn1c(=O)ccc2cnc(NC3CCCCC3)nc21. The van der Waals surface area contributed by atoms with Crippen LogP contribution in [0.15, 0.2) is 23.1 Å². The zero-order valence-electron chi connectivity index (χ0n) is 12.8. The van der Waals surface area contributed by atoms with Gasteiger partial charge in [-0.05, 0) is 25.8 Å². The number of hydrogen-bond donors (Lipinski definition) is 2. The van der Waals surface area contributed by atoms with Gasteiger partial charge >= 0.3 is 0 Å². The van der Waals surface area contributed by atoms with E-state index in [1.54, 1.807) is 19.2 Å². The quantitative estimate of drug-likeness (QED) is 0.902. The Balaban J connectivity index is 1.94. The van der Waals surface area contributed by atoms with Crippen LogP contribution in [0.3, 0.4) is 0 Å². The number of nitrogens with zero attached hydrogens (tertiary/aromatic N) is 3. The molecule has 0 amide bonds. The van der Waals surface area contributed by atoms with Crippen molar-refractivity contribution in [2.45, 2.75) is 57.7 Å².